The molecule has 0 saturated carbocycles. The van der Waals surface area contributed by atoms with Crippen molar-refractivity contribution in [2.24, 2.45) is 0 Å². The van der Waals surface area contributed by atoms with Gasteiger partial charge >= 0.3 is 0 Å². The maximum atomic E-state index is 11.8. The lowest BCUT2D eigenvalue weighted by molar-refractivity contribution is 1.17. The predicted octanol–water partition coefficient (Wildman–Crippen LogP) is 2.69. The van der Waals surface area contributed by atoms with Crippen molar-refractivity contribution in [1.82, 2.24) is 9.97 Å². The first-order valence-electron chi connectivity index (χ1n) is 5.54. The molecule has 0 spiro atoms. The molecule has 0 aliphatic carbocycles. The lowest BCUT2D eigenvalue weighted by Gasteiger charge is -2.06. The molecule has 84 valence electrons. The molecule has 3 heteroatoms. The molecule has 0 atom stereocenters. The quantitative estimate of drug-likeness (QED) is 0.597. The van der Waals surface area contributed by atoms with E-state index in [1.54, 1.807) is 0 Å². The molecule has 0 bridgehead atoms. The van der Waals surface area contributed by atoms with E-state index in [-0.39, 0.29) is 5.56 Å². The van der Waals surface area contributed by atoms with Gasteiger partial charge in [0.2, 0.25) is 0 Å². The summed E-state index contributed by atoms with van der Waals surface area (Å²) in [5.74, 6) is 0. The van der Waals surface area contributed by atoms with E-state index in [0.29, 0.717) is 5.39 Å². The Labute approximate surface area is 98.1 Å². The van der Waals surface area contributed by atoms with Gasteiger partial charge < -0.3 is 4.98 Å². The minimum absolute atomic E-state index is 0.0819. The average molecular weight is 224 g/mol. The number of H-pyrrole nitrogens is 1. The SMILES string of the molecule is Cc1ccc2c(C)c3nc[nH]c(=O)c3cc2c1. The summed E-state index contributed by atoms with van der Waals surface area (Å²) in [5, 5.41) is 2.90. The number of nitrogens with zero attached hydrogens (tertiary/aromatic N) is 1. The van der Waals surface area contributed by atoms with E-state index in [9.17, 15) is 4.79 Å². The number of hydrogen-bond donors (Lipinski definition) is 1. The third-order valence-corrected chi connectivity index (χ3v) is 3.16. The van der Waals surface area contributed by atoms with Crippen LogP contribution in [0.5, 0.6) is 0 Å². The van der Waals surface area contributed by atoms with Gasteiger partial charge in [-0.25, -0.2) is 4.98 Å². The van der Waals surface area contributed by atoms with Crippen LogP contribution >= 0.6 is 0 Å². The van der Waals surface area contributed by atoms with Crippen molar-refractivity contribution in [2.75, 3.05) is 0 Å². The molecule has 3 rings (SSSR count). The van der Waals surface area contributed by atoms with Gasteiger partial charge in [0, 0.05) is 0 Å². The maximum Gasteiger partial charge on any atom is 0.258 e. The first kappa shape index (κ1) is 10.0. The average Bonchev–Trinajstić information content (AvgIpc) is 2.30. The standard InChI is InChI=1S/C14H12N2O/c1-8-3-4-11-9(2)13-12(6-10(11)5-8)14(17)16-7-15-13/h3-7H,1-2H3,(H,15,16,17). The Balaban J connectivity index is 2.62. The van der Waals surface area contributed by atoms with Gasteiger partial charge in [-0.05, 0) is 36.2 Å². The summed E-state index contributed by atoms with van der Waals surface area (Å²) in [4.78, 5) is 18.6. The van der Waals surface area contributed by atoms with Crippen molar-refractivity contribution in [3.8, 4) is 0 Å². The fourth-order valence-corrected chi connectivity index (χ4v) is 2.27. The third-order valence-electron chi connectivity index (χ3n) is 3.16. The Hall–Kier alpha value is -2.16. The normalized spacial score (nSPS) is 11.2. The van der Waals surface area contributed by atoms with Crippen molar-refractivity contribution in [3.05, 3.63) is 52.1 Å². The van der Waals surface area contributed by atoms with Crippen LogP contribution in [0.1, 0.15) is 11.1 Å². The summed E-state index contributed by atoms with van der Waals surface area (Å²) >= 11 is 0. The molecule has 1 heterocycles. The Morgan fingerprint density at radius 3 is 2.76 bits per heavy atom. The van der Waals surface area contributed by atoms with E-state index in [4.69, 9.17) is 0 Å². The molecule has 0 unspecified atom stereocenters. The van der Waals surface area contributed by atoms with Gasteiger partial charge in [0.05, 0.1) is 17.2 Å². The molecule has 2 aromatic carbocycles. The van der Waals surface area contributed by atoms with Crippen LogP contribution in [0.3, 0.4) is 0 Å². The number of nitrogens with one attached hydrogen (secondary N) is 1. The zero-order chi connectivity index (χ0) is 12.0. The summed E-state index contributed by atoms with van der Waals surface area (Å²) in [5.41, 5.74) is 2.95. The molecular formula is C14H12N2O. The molecule has 1 N–H and O–H groups in total. The fourth-order valence-electron chi connectivity index (χ4n) is 2.27. The van der Waals surface area contributed by atoms with Crippen molar-refractivity contribution in [2.45, 2.75) is 13.8 Å². The largest absolute Gasteiger partial charge is 0.313 e. The second-order valence-electron chi connectivity index (χ2n) is 4.35. The lowest BCUT2D eigenvalue weighted by Crippen LogP contribution is -2.07. The van der Waals surface area contributed by atoms with Crippen LogP contribution < -0.4 is 5.56 Å². The van der Waals surface area contributed by atoms with E-state index < -0.39 is 0 Å². The molecule has 0 radical (unpaired) electrons. The Bertz CT molecular complexity index is 787. The predicted molar refractivity (Wildman–Crippen MR) is 69.3 cm³/mol. The number of aromatic amines is 1. The molecule has 17 heavy (non-hydrogen) atoms. The topological polar surface area (TPSA) is 45.8 Å². The summed E-state index contributed by atoms with van der Waals surface area (Å²) in [6.45, 7) is 4.05. The summed E-state index contributed by atoms with van der Waals surface area (Å²) < 4.78 is 0. The van der Waals surface area contributed by atoms with Crippen molar-refractivity contribution >= 4 is 21.7 Å². The second-order valence-corrected chi connectivity index (χ2v) is 4.35. The zero-order valence-electron chi connectivity index (χ0n) is 9.74. The van der Waals surface area contributed by atoms with E-state index in [1.165, 1.54) is 11.9 Å². The first-order chi connectivity index (χ1) is 8.16. The number of aromatic nitrogens is 2. The highest BCUT2D eigenvalue weighted by Gasteiger charge is 2.07. The molecule has 0 saturated heterocycles. The molecule has 0 aliphatic heterocycles. The highest BCUT2D eigenvalue weighted by Crippen LogP contribution is 2.25. The summed E-state index contributed by atoms with van der Waals surface area (Å²) in [6, 6.07) is 8.17. The number of aryl methyl sites for hydroxylation is 2. The number of rotatable bonds is 0. The molecular weight excluding hydrogens is 212 g/mol. The van der Waals surface area contributed by atoms with Crippen LogP contribution in [0.25, 0.3) is 21.7 Å². The van der Waals surface area contributed by atoms with Crippen molar-refractivity contribution in [3.63, 3.8) is 0 Å². The van der Waals surface area contributed by atoms with Gasteiger partial charge in [0.1, 0.15) is 0 Å². The minimum atomic E-state index is -0.0819. The van der Waals surface area contributed by atoms with Crippen LogP contribution in [0, 0.1) is 13.8 Å². The first-order valence-corrected chi connectivity index (χ1v) is 5.54. The number of hydrogen-bond acceptors (Lipinski definition) is 2. The number of benzene rings is 2. The molecule has 1 aromatic heterocycles. The van der Waals surface area contributed by atoms with E-state index in [1.807, 2.05) is 19.9 Å². The summed E-state index contributed by atoms with van der Waals surface area (Å²) in [7, 11) is 0. The second kappa shape index (κ2) is 3.42. The highest BCUT2D eigenvalue weighted by atomic mass is 16.1. The zero-order valence-corrected chi connectivity index (χ0v) is 9.74. The van der Waals surface area contributed by atoms with Gasteiger partial charge in [-0.3, -0.25) is 4.79 Å². The van der Waals surface area contributed by atoms with Gasteiger partial charge in [-0.15, -0.1) is 0 Å². The third kappa shape index (κ3) is 1.43. The molecule has 3 aromatic rings. The molecule has 0 amide bonds. The summed E-state index contributed by atoms with van der Waals surface area (Å²) in [6.07, 6.45) is 1.46. The van der Waals surface area contributed by atoms with E-state index in [0.717, 1.165) is 21.9 Å². The Kier molecular flexibility index (Phi) is 2.01. The van der Waals surface area contributed by atoms with Crippen LogP contribution in [-0.2, 0) is 0 Å². The van der Waals surface area contributed by atoms with Crippen LogP contribution in [0.2, 0.25) is 0 Å². The van der Waals surface area contributed by atoms with Crippen molar-refractivity contribution < 1.29 is 0 Å². The smallest absolute Gasteiger partial charge is 0.258 e. The van der Waals surface area contributed by atoms with Gasteiger partial charge in [-0.2, -0.15) is 0 Å². The van der Waals surface area contributed by atoms with Crippen LogP contribution in [0.4, 0.5) is 0 Å². The lowest BCUT2D eigenvalue weighted by atomic mass is 10.0. The Morgan fingerprint density at radius 1 is 1.12 bits per heavy atom. The molecule has 3 nitrogen and oxygen atoms in total. The molecule has 0 fully saturated rings. The van der Waals surface area contributed by atoms with Crippen LogP contribution in [-0.4, -0.2) is 9.97 Å². The van der Waals surface area contributed by atoms with E-state index in [2.05, 4.69) is 28.2 Å². The fraction of sp³-hybridized carbons (Fsp3) is 0.143. The van der Waals surface area contributed by atoms with Gasteiger partial charge in [0.25, 0.3) is 5.56 Å². The van der Waals surface area contributed by atoms with Gasteiger partial charge in [0.15, 0.2) is 0 Å². The number of fused-ring (bicyclic) bond motifs is 2. The highest BCUT2D eigenvalue weighted by molar-refractivity contribution is 6.00. The van der Waals surface area contributed by atoms with Crippen molar-refractivity contribution in [1.29, 1.82) is 0 Å². The van der Waals surface area contributed by atoms with Crippen LogP contribution in [0.15, 0.2) is 35.4 Å². The van der Waals surface area contributed by atoms with E-state index >= 15 is 0 Å². The minimum Gasteiger partial charge on any atom is -0.313 e. The molecule has 0 aliphatic rings. The monoisotopic (exact) mass is 224 g/mol. The maximum absolute atomic E-state index is 11.8. The Morgan fingerprint density at radius 2 is 1.94 bits per heavy atom. The van der Waals surface area contributed by atoms with Gasteiger partial charge in [-0.1, -0.05) is 23.8 Å².